The Kier molecular flexibility index (Phi) is 7.63. The molecule has 0 aliphatic carbocycles. The van der Waals surface area contributed by atoms with Gasteiger partial charge in [0.05, 0.1) is 36.7 Å². The smallest absolute Gasteiger partial charge is 0.246 e. The van der Waals surface area contributed by atoms with Gasteiger partial charge in [0, 0.05) is 11.7 Å². The summed E-state index contributed by atoms with van der Waals surface area (Å²) < 4.78 is 12.3. The first-order valence-corrected chi connectivity index (χ1v) is 14.2. The number of nitrogens with zero attached hydrogens (tertiary/aromatic N) is 1. The van der Waals surface area contributed by atoms with Crippen molar-refractivity contribution in [2.75, 3.05) is 18.5 Å². The molecular weight excluding hydrogens is 510 g/mol. The van der Waals surface area contributed by atoms with Gasteiger partial charge in [-0.25, -0.2) is 0 Å². The number of likely N-dealkylation sites (tertiary alicyclic amines) is 1. The molecule has 3 N–H and O–H groups in total. The van der Waals surface area contributed by atoms with Crippen LogP contribution in [0.3, 0.4) is 0 Å². The monoisotopic (exact) mass is 549 g/mol. The van der Waals surface area contributed by atoms with Gasteiger partial charge in [0.2, 0.25) is 17.7 Å². The number of fused-ring (bicyclic) bond motifs is 1. The van der Waals surface area contributed by atoms with Crippen molar-refractivity contribution in [3.05, 3.63) is 60.2 Å². The fraction of sp³-hybridized carbons (Fsp3) is 0.516. The second kappa shape index (κ2) is 10.9. The third-order valence-electron chi connectivity index (χ3n) is 8.71. The molecular formula is C31H39N3O6. The van der Waals surface area contributed by atoms with Crippen LogP contribution in [-0.2, 0) is 19.1 Å². The number of nitrogens with one attached hydrogen (secondary N) is 2. The van der Waals surface area contributed by atoms with Crippen molar-refractivity contribution in [2.24, 2.45) is 11.8 Å². The van der Waals surface area contributed by atoms with E-state index in [-0.39, 0.29) is 30.4 Å². The molecule has 214 valence electrons. The summed E-state index contributed by atoms with van der Waals surface area (Å²) in [5, 5.41) is 16.5. The number of rotatable bonds is 10. The largest absolute Gasteiger partial charge is 0.494 e. The highest BCUT2D eigenvalue weighted by Gasteiger charge is 2.79. The lowest BCUT2D eigenvalue weighted by Gasteiger charge is -2.37. The summed E-state index contributed by atoms with van der Waals surface area (Å²) in [7, 11) is 0. The Morgan fingerprint density at radius 1 is 1.07 bits per heavy atom. The van der Waals surface area contributed by atoms with E-state index < -0.39 is 35.1 Å². The van der Waals surface area contributed by atoms with Gasteiger partial charge in [-0.3, -0.25) is 14.4 Å². The molecule has 6 atom stereocenters. The standard InChI is InChI=1S/C31H39N3O6/c1-5-30-16-17-31(40-30)25(24(30)27(36)33-21-12-14-22(15-13-21)39-6-2)29(38)34(26(31)28(37)32-19(3)4)23(18-35)20-10-8-7-9-11-20/h7-15,19,23-26,35H,5-6,16-18H2,1-4H3,(H,32,37)(H,33,36)/t23-,24+,25+,26?,30-,31?/m1/s1. The van der Waals surface area contributed by atoms with Crippen LogP contribution in [0.1, 0.15) is 58.6 Å². The first-order valence-electron chi connectivity index (χ1n) is 14.2. The number of carbonyl (C=O) groups is 3. The van der Waals surface area contributed by atoms with E-state index in [2.05, 4.69) is 10.6 Å². The maximum atomic E-state index is 14.4. The molecule has 9 nitrogen and oxygen atoms in total. The third-order valence-corrected chi connectivity index (χ3v) is 8.71. The zero-order valence-electron chi connectivity index (χ0n) is 23.6. The highest BCUT2D eigenvalue weighted by atomic mass is 16.5. The molecule has 3 aliphatic heterocycles. The van der Waals surface area contributed by atoms with E-state index in [0.29, 0.717) is 42.9 Å². The van der Waals surface area contributed by atoms with Crippen LogP contribution >= 0.6 is 0 Å². The van der Waals surface area contributed by atoms with Gasteiger partial charge in [-0.05, 0) is 69.9 Å². The van der Waals surface area contributed by atoms with Crippen LogP contribution in [0.25, 0.3) is 0 Å². The van der Waals surface area contributed by atoms with E-state index in [4.69, 9.17) is 9.47 Å². The molecule has 0 aromatic heterocycles. The van der Waals surface area contributed by atoms with Crippen molar-refractivity contribution in [1.82, 2.24) is 10.2 Å². The Labute approximate surface area is 235 Å². The average molecular weight is 550 g/mol. The average Bonchev–Trinajstić information content (AvgIpc) is 3.54. The quantitative estimate of drug-likeness (QED) is 0.418. The number of aliphatic hydroxyl groups excluding tert-OH is 1. The van der Waals surface area contributed by atoms with Crippen LogP contribution in [0.2, 0.25) is 0 Å². The summed E-state index contributed by atoms with van der Waals surface area (Å²) in [5.41, 5.74) is -0.730. The van der Waals surface area contributed by atoms with E-state index in [1.165, 1.54) is 4.90 Å². The van der Waals surface area contributed by atoms with Gasteiger partial charge in [0.25, 0.3) is 0 Å². The second-order valence-electron chi connectivity index (χ2n) is 11.3. The lowest BCUT2D eigenvalue weighted by atomic mass is 9.65. The van der Waals surface area contributed by atoms with Crippen LogP contribution in [0, 0.1) is 11.8 Å². The van der Waals surface area contributed by atoms with Gasteiger partial charge in [0.1, 0.15) is 17.4 Å². The maximum Gasteiger partial charge on any atom is 0.246 e. The number of anilines is 1. The number of aliphatic hydroxyl groups is 1. The van der Waals surface area contributed by atoms with E-state index in [9.17, 15) is 19.5 Å². The van der Waals surface area contributed by atoms with Crippen molar-refractivity contribution in [3.63, 3.8) is 0 Å². The van der Waals surface area contributed by atoms with Crippen LogP contribution < -0.4 is 15.4 Å². The van der Waals surface area contributed by atoms with E-state index >= 15 is 0 Å². The van der Waals surface area contributed by atoms with Crippen LogP contribution in [0.4, 0.5) is 5.69 Å². The van der Waals surface area contributed by atoms with Crippen LogP contribution in [0.15, 0.2) is 54.6 Å². The summed E-state index contributed by atoms with van der Waals surface area (Å²) in [6.45, 7) is 7.76. The van der Waals surface area contributed by atoms with Crippen LogP contribution in [-0.4, -0.2) is 64.2 Å². The number of amides is 3. The Bertz CT molecular complexity index is 1250. The van der Waals surface area contributed by atoms with Gasteiger partial charge in [-0.15, -0.1) is 0 Å². The Hall–Kier alpha value is -3.43. The molecule has 3 aliphatic rings. The fourth-order valence-electron chi connectivity index (χ4n) is 7.10. The van der Waals surface area contributed by atoms with Crippen molar-refractivity contribution in [2.45, 2.75) is 76.3 Å². The Balaban J connectivity index is 1.55. The third kappa shape index (κ3) is 4.45. The SMILES string of the molecule is CCOc1ccc(NC(=O)[C@@H]2[C@H]3C(=O)N([C@H](CO)c4ccccc4)C(C(=O)NC(C)C)C34CC[C@@]2(CC)O4)cc1. The maximum absolute atomic E-state index is 14.4. The first-order chi connectivity index (χ1) is 19.2. The topological polar surface area (TPSA) is 117 Å². The predicted molar refractivity (Wildman–Crippen MR) is 149 cm³/mol. The molecule has 2 unspecified atom stereocenters. The van der Waals surface area contributed by atoms with Gasteiger partial charge in [-0.2, -0.15) is 0 Å². The van der Waals surface area contributed by atoms with E-state index in [1.807, 2.05) is 58.0 Å². The van der Waals surface area contributed by atoms with Crippen LogP contribution in [0.5, 0.6) is 5.75 Å². The molecule has 3 fully saturated rings. The highest BCUT2D eigenvalue weighted by Crippen LogP contribution is 2.65. The van der Waals surface area contributed by atoms with Crippen molar-refractivity contribution in [1.29, 1.82) is 0 Å². The van der Waals surface area contributed by atoms with Crippen molar-refractivity contribution < 1.29 is 29.0 Å². The second-order valence-corrected chi connectivity index (χ2v) is 11.3. The molecule has 2 aromatic rings. The molecule has 1 spiro atoms. The van der Waals surface area contributed by atoms with Gasteiger partial charge in [0.15, 0.2) is 0 Å². The van der Waals surface area contributed by atoms with Gasteiger partial charge >= 0.3 is 0 Å². The van der Waals surface area contributed by atoms with Gasteiger partial charge in [-0.1, -0.05) is 37.3 Å². The number of ether oxygens (including phenoxy) is 2. The number of hydrogen-bond acceptors (Lipinski definition) is 6. The van der Waals surface area contributed by atoms with Crippen molar-refractivity contribution >= 4 is 23.4 Å². The molecule has 0 radical (unpaired) electrons. The van der Waals surface area contributed by atoms with E-state index in [0.717, 1.165) is 0 Å². The molecule has 5 rings (SSSR count). The zero-order valence-corrected chi connectivity index (χ0v) is 23.6. The summed E-state index contributed by atoms with van der Waals surface area (Å²) in [4.78, 5) is 43.8. The minimum atomic E-state index is -1.17. The number of carbonyl (C=O) groups excluding carboxylic acids is 3. The first kappa shape index (κ1) is 28.1. The lowest BCUT2D eigenvalue weighted by Crippen LogP contribution is -2.57. The normalized spacial score (nSPS) is 29.4. The summed E-state index contributed by atoms with van der Waals surface area (Å²) in [5.74, 6) is -1.93. The number of hydrogen-bond donors (Lipinski definition) is 3. The summed E-state index contributed by atoms with van der Waals surface area (Å²) in [6.07, 6.45) is 1.56. The van der Waals surface area contributed by atoms with Crippen molar-refractivity contribution in [3.8, 4) is 5.75 Å². The van der Waals surface area contributed by atoms with Gasteiger partial charge < -0.3 is 30.1 Å². The zero-order chi connectivity index (χ0) is 28.7. The molecule has 3 heterocycles. The molecule has 0 saturated carbocycles. The van der Waals surface area contributed by atoms with E-state index in [1.54, 1.807) is 24.3 Å². The molecule has 9 heteroatoms. The number of benzene rings is 2. The molecule has 3 saturated heterocycles. The Morgan fingerprint density at radius 2 is 1.77 bits per heavy atom. The predicted octanol–water partition coefficient (Wildman–Crippen LogP) is 3.44. The minimum Gasteiger partial charge on any atom is -0.494 e. The highest BCUT2D eigenvalue weighted by molar-refractivity contribution is 6.02. The molecule has 3 amide bonds. The Morgan fingerprint density at radius 3 is 2.38 bits per heavy atom. The summed E-state index contributed by atoms with van der Waals surface area (Å²) >= 11 is 0. The fourth-order valence-corrected chi connectivity index (χ4v) is 7.10. The minimum absolute atomic E-state index is 0.165. The molecule has 2 bridgehead atoms. The lowest BCUT2D eigenvalue weighted by molar-refractivity contribution is -0.150. The molecule has 40 heavy (non-hydrogen) atoms. The summed E-state index contributed by atoms with van der Waals surface area (Å²) in [6, 6.07) is 14.4. The molecule has 2 aromatic carbocycles.